The molecule has 0 spiro atoms. The van der Waals surface area contributed by atoms with Crippen molar-refractivity contribution in [3.63, 3.8) is 0 Å². The summed E-state index contributed by atoms with van der Waals surface area (Å²) in [6, 6.07) is 35.1. The molecule has 4 bridgehead atoms. The van der Waals surface area contributed by atoms with Gasteiger partial charge in [-0.05, 0) is 122 Å². The molecule has 1 heterocycles. The van der Waals surface area contributed by atoms with E-state index in [1.54, 1.807) is 11.1 Å². The molecular formula is C38H37NS. The molecular weight excluding hydrogens is 502 g/mol. The summed E-state index contributed by atoms with van der Waals surface area (Å²) in [5.41, 5.74) is 6.94. The molecule has 4 aromatic carbocycles. The molecule has 1 nitrogen and oxygen atoms in total. The summed E-state index contributed by atoms with van der Waals surface area (Å²) in [6.45, 7) is 0. The Morgan fingerprint density at radius 2 is 1.10 bits per heavy atom. The maximum absolute atomic E-state index is 2.52. The van der Waals surface area contributed by atoms with Crippen LogP contribution in [0.5, 0.6) is 0 Å². The third-order valence-corrected chi connectivity index (χ3v) is 12.5. The maximum atomic E-state index is 2.52. The van der Waals surface area contributed by atoms with Crippen molar-refractivity contribution in [2.75, 3.05) is 4.90 Å². The molecule has 4 aliphatic carbocycles. The van der Waals surface area contributed by atoms with Crippen LogP contribution in [0.3, 0.4) is 0 Å². The molecule has 2 heteroatoms. The van der Waals surface area contributed by atoms with Crippen LogP contribution in [0, 0.1) is 23.7 Å². The minimum absolute atomic E-state index is 0.772. The van der Waals surface area contributed by atoms with E-state index in [0.717, 1.165) is 35.5 Å². The van der Waals surface area contributed by atoms with Crippen molar-refractivity contribution < 1.29 is 0 Å². The van der Waals surface area contributed by atoms with E-state index in [2.05, 4.69) is 95.9 Å². The average molecular weight is 540 g/mol. The quantitative estimate of drug-likeness (QED) is 0.215. The standard InChI is InChI=1S/C38H37NS/c1-2-7-37-32(4-1)33-5-3-6-36(38(33)40-37)39(30-16-12-26(13-17-30)34-22-24-8-10-28(34)20-24)31-18-14-27(15-19-31)35-23-25-9-11-29(35)21-25/h1-7,12-19,24-25,28-29,34-35H,8-11,20-23H2. The van der Waals surface area contributed by atoms with Crippen LogP contribution in [-0.2, 0) is 0 Å². The molecule has 4 aliphatic rings. The van der Waals surface area contributed by atoms with Crippen molar-refractivity contribution >= 4 is 48.6 Å². The fourth-order valence-corrected chi connectivity index (χ4v) is 10.6. The van der Waals surface area contributed by atoms with Crippen LogP contribution < -0.4 is 4.90 Å². The van der Waals surface area contributed by atoms with Crippen molar-refractivity contribution in [1.82, 2.24) is 0 Å². The Morgan fingerprint density at radius 3 is 1.65 bits per heavy atom. The molecule has 0 saturated heterocycles. The lowest BCUT2D eigenvalue weighted by atomic mass is 9.83. The SMILES string of the molecule is c1ccc2c(c1)sc1c(N(c3ccc(C4CC5CCC4C5)cc3)c3ccc(C4CC5CCC4C5)cc3)cccc12. The van der Waals surface area contributed by atoms with Crippen LogP contribution in [-0.4, -0.2) is 0 Å². The number of rotatable bonds is 5. The molecule has 0 radical (unpaired) electrons. The Bertz CT molecular complexity index is 1620. The van der Waals surface area contributed by atoms with Crippen molar-refractivity contribution in [3.8, 4) is 0 Å². The first-order valence-electron chi connectivity index (χ1n) is 15.7. The zero-order chi connectivity index (χ0) is 26.2. The minimum atomic E-state index is 0.772. The van der Waals surface area contributed by atoms with Gasteiger partial charge in [-0.15, -0.1) is 11.3 Å². The summed E-state index contributed by atoms with van der Waals surface area (Å²) >= 11 is 1.93. The molecule has 40 heavy (non-hydrogen) atoms. The Hall–Kier alpha value is -3.10. The second-order valence-electron chi connectivity index (χ2n) is 13.3. The van der Waals surface area contributed by atoms with Crippen molar-refractivity contribution in [1.29, 1.82) is 0 Å². The van der Waals surface area contributed by atoms with E-state index in [-0.39, 0.29) is 0 Å². The summed E-state index contributed by atoms with van der Waals surface area (Å²) in [4.78, 5) is 2.52. The van der Waals surface area contributed by atoms with E-state index in [0.29, 0.717) is 0 Å². The number of fused-ring (bicyclic) bond motifs is 7. The minimum Gasteiger partial charge on any atom is -0.309 e. The van der Waals surface area contributed by atoms with E-state index in [9.17, 15) is 0 Å². The number of hydrogen-bond acceptors (Lipinski definition) is 2. The normalized spacial score (nSPS) is 28.7. The van der Waals surface area contributed by atoms with Crippen molar-refractivity contribution in [2.45, 2.75) is 63.2 Å². The van der Waals surface area contributed by atoms with Crippen LogP contribution in [0.15, 0.2) is 91.0 Å². The largest absolute Gasteiger partial charge is 0.309 e. The highest BCUT2D eigenvalue weighted by molar-refractivity contribution is 7.26. The van der Waals surface area contributed by atoms with E-state index in [1.165, 1.54) is 88.6 Å². The highest BCUT2D eigenvalue weighted by atomic mass is 32.1. The molecule has 9 rings (SSSR count). The predicted octanol–water partition coefficient (Wildman–Crippen LogP) is 11.3. The fraction of sp³-hybridized carbons (Fsp3) is 0.368. The first-order valence-corrected chi connectivity index (χ1v) is 16.5. The van der Waals surface area contributed by atoms with Gasteiger partial charge in [0.2, 0.25) is 0 Å². The number of hydrogen-bond donors (Lipinski definition) is 0. The van der Waals surface area contributed by atoms with Crippen LogP contribution in [0.2, 0.25) is 0 Å². The first kappa shape index (κ1) is 23.6. The second kappa shape index (κ2) is 9.21. The van der Waals surface area contributed by atoms with E-state index >= 15 is 0 Å². The molecule has 4 fully saturated rings. The Balaban J connectivity index is 1.14. The number of thiophene rings is 1. The van der Waals surface area contributed by atoms with E-state index in [1.807, 2.05) is 11.3 Å². The molecule has 6 atom stereocenters. The zero-order valence-electron chi connectivity index (χ0n) is 23.1. The van der Waals surface area contributed by atoms with Gasteiger partial charge in [0.1, 0.15) is 0 Å². The monoisotopic (exact) mass is 539 g/mol. The van der Waals surface area contributed by atoms with E-state index < -0.39 is 0 Å². The zero-order valence-corrected chi connectivity index (χ0v) is 24.0. The topological polar surface area (TPSA) is 3.24 Å². The lowest BCUT2D eigenvalue weighted by molar-refractivity contribution is 0.420. The predicted molar refractivity (Wildman–Crippen MR) is 170 cm³/mol. The third kappa shape index (κ3) is 3.72. The van der Waals surface area contributed by atoms with Crippen LogP contribution >= 0.6 is 11.3 Å². The first-order chi connectivity index (χ1) is 19.8. The van der Waals surface area contributed by atoms with Crippen LogP contribution in [0.4, 0.5) is 17.1 Å². The Morgan fingerprint density at radius 1 is 0.525 bits per heavy atom. The van der Waals surface area contributed by atoms with Gasteiger partial charge in [-0.2, -0.15) is 0 Å². The summed E-state index contributed by atoms with van der Waals surface area (Å²) in [5, 5.41) is 2.72. The van der Waals surface area contributed by atoms with Gasteiger partial charge in [0.15, 0.2) is 0 Å². The summed E-state index contributed by atoms with van der Waals surface area (Å²) in [7, 11) is 0. The molecule has 0 amide bonds. The van der Waals surface area contributed by atoms with Gasteiger partial charge in [0.05, 0.1) is 10.4 Å². The fourth-order valence-electron chi connectivity index (χ4n) is 9.38. The number of benzene rings is 4. The number of anilines is 3. The Labute approximate surface area is 241 Å². The van der Waals surface area contributed by atoms with Crippen LogP contribution in [0.25, 0.3) is 20.2 Å². The van der Waals surface area contributed by atoms with Gasteiger partial charge in [-0.3, -0.25) is 0 Å². The second-order valence-corrected chi connectivity index (χ2v) is 14.4. The molecule has 4 saturated carbocycles. The average Bonchev–Trinajstić information content (AvgIpc) is 3.85. The summed E-state index contributed by atoms with van der Waals surface area (Å²) in [5.74, 6) is 5.33. The van der Waals surface area contributed by atoms with Gasteiger partial charge >= 0.3 is 0 Å². The molecule has 200 valence electrons. The van der Waals surface area contributed by atoms with Gasteiger partial charge < -0.3 is 4.90 Å². The van der Waals surface area contributed by atoms with Crippen LogP contribution in [0.1, 0.15) is 74.3 Å². The smallest absolute Gasteiger partial charge is 0.0640 e. The summed E-state index contributed by atoms with van der Waals surface area (Å²) in [6.07, 6.45) is 11.5. The lowest BCUT2D eigenvalue weighted by Gasteiger charge is -2.28. The lowest BCUT2D eigenvalue weighted by Crippen LogP contribution is -2.12. The van der Waals surface area contributed by atoms with E-state index in [4.69, 9.17) is 0 Å². The Kier molecular flexibility index (Phi) is 5.43. The number of nitrogens with zero attached hydrogens (tertiary/aromatic N) is 1. The third-order valence-electron chi connectivity index (χ3n) is 11.3. The van der Waals surface area contributed by atoms with Gasteiger partial charge in [0.25, 0.3) is 0 Å². The molecule has 5 aromatic rings. The molecule has 1 aromatic heterocycles. The molecule has 0 N–H and O–H groups in total. The highest BCUT2D eigenvalue weighted by Crippen LogP contribution is 2.54. The molecule has 0 aliphatic heterocycles. The van der Waals surface area contributed by atoms with Crippen molar-refractivity contribution in [3.05, 3.63) is 102 Å². The maximum Gasteiger partial charge on any atom is 0.0640 e. The van der Waals surface area contributed by atoms with Gasteiger partial charge in [-0.1, -0.05) is 67.4 Å². The van der Waals surface area contributed by atoms with Gasteiger partial charge in [-0.25, -0.2) is 0 Å². The van der Waals surface area contributed by atoms with Gasteiger partial charge in [0, 0.05) is 26.8 Å². The highest BCUT2D eigenvalue weighted by Gasteiger charge is 2.41. The van der Waals surface area contributed by atoms with Crippen molar-refractivity contribution in [2.24, 2.45) is 23.7 Å². The summed E-state index contributed by atoms with van der Waals surface area (Å²) < 4.78 is 2.74. The molecule has 6 unspecified atom stereocenters.